The summed E-state index contributed by atoms with van der Waals surface area (Å²) in [7, 11) is 0. The Morgan fingerprint density at radius 1 is 1.10 bits per heavy atom. The van der Waals surface area contributed by atoms with Crippen molar-refractivity contribution in [1.82, 2.24) is 35.0 Å². The summed E-state index contributed by atoms with van der Waals surface area (Å²) in [5.74, 6) is -0.423. The molecule has 0 N–H and O–H groups in total. The van der Waals surface area contributed by atoms with Crippen LogP contribution in [0.1, 0.15) is 25.9 Å². The Balaban J connectivity index is 1.35. The van der Waals surface area contributed by atoms with Crippen LogP contribution in [0, 0.1) is 12.7 Å². The first-order chi connectivity index (χ1) is 14.5. The monoisotopic (exact) mass is 429 g/mol. The van der Waals surface area contributed by atoms with Crippen LogP contribution >= 0.6 is 11.3 Å². The smallest absolute Gasteiger partial charge is 0.265 e. The molecule has 4 rings (SSSR count). The van der Waals surface area contributed by atoms with Gasteiger partial charge in [0.05, 0.1) is 10.7 Å². The first-order valence-corrected chi connectivity index (χ1v) is 10.3. The van der Waals surface area contributed by atoms with Gasteiger partial charge >= 0.3 is 0 Å². The minimum atomic E-state index is -0.277. The van der Waals surface area contributed by atoms with E-state index in [1.165, 1.54) is 34.5 Å². The number of tetrazole rings is 1. The van der Waals surface area contributed by atoms with Crippen LogP contribution in [0.3, 0.4) is 0 Å². The molecule has 0 radical (unpaired) electrons. The lowest BCUT2D eigenvalue weighted by molar-refractivity contribution is -0.133. The van der Waals surface area contributed by atoms with E-state index in [0.717, 1.165) is 10.6 Å². The normalized spacial score (nSPS) is 14.2. The van der Waals surface area contributed by atoms with Gasteiger partial charge in [0, 0.05) is 32.6 Å². The molecular formula is C19H20FN7O2S. The van der Waals surface area contributed by atoms with Crippen molar-refractivity contribution >= 4 is 23.2 Å². The number of carbonyl (C=O) groups excluding carboxylic acids is 2. The Morgan fingerprint density at radius 3 is 2.47 bits per heavy atom. The maximum absolute atomic E-state index is 13.1. The lowest BCUT2D eigenvalue weighted by Gasteiger charge is -2.34. The van der Waals surface area contributed by atoms with E-state index in [-0.39, 0.29) is 24.2 Å². The van der Waals surface area contributed by atoms with E-state index in [1.807, 2.05) is 6.92 Å². The quantitative estimate of drug-likeness (QED) is 0.604. The third-order valence-electron chi connectivity index (χ3n) is 4.91. The van der Waals surface area contributed by atoms with E-state index in [9.17, 15) is 14.0 Å². The standard InChI is InChI=1S/C19H20FN7O2S/c1-13-18(30-16(22-13)10-14-2-4-15(20)5-3-14)19(29)26-8-6-25(7-9-26)17(28)11-27-12-21-23-24-27/h2-5,12H,6-11H2,1H3. The number of benzene rings is 1. The van der Waals surface area contributed by atoms with Crippen LogP contribution < -0.4 is 0 Å². The van der Waals surface area contributed by atoms with Gasteiger partial charge in [-0.05, 0) is 35.0 Å². The second kappa shape index (κ2) is 8.66. The van der Waals surface area contributed by atoms with E-state index >= 15 is 0 Å². The Hall–Kier alpha value is -3.21. The predicted molar refractivity (Wildman–Crippen MR) is 106 cm³/mol. The van der Waals surface area contributed by atoms with E-state index in [0.29, 0.717) is 43.2 Å². The van der Waals surface area contributed by atoms with Gasteiger partial charge in [-0.15, -0.1) is 16.4 Å². The molecule has 0 bridgehead atoms. The average molecular weight is 429 g/mol. The topological polar surface area (TPSA) is 97.1 Å². The molecule has 3 aromatic rings. The maximum Gasteiger partial charge on any atom is 0.265 e. The van der Waals surface area contributed by atoms with Crippen molar-refractivity contribution in [1.29, 1.82) is 0 Å². The largest absolute Gasteiger partial charge is 0.338 e. The number of aromatic nitrogens is 5. The highest BCUT2D eigenvalue weighted by Gasteiger charge is 2.27. The first-order valence-electron chi connectivity index (χ1n) is 9.48. The highest BCUT2D eigenvalue weighted by Crippen LogP contribution is 2.23. The Bertz CT molecular complexity index is 1030. The Kier molecular flexibility index (Phi) is 5.79. The molecule has 1 aliphatic rings. The lowest BCUT2D eigenvalue weighted by atomic mass is 10.1. The van der Waals surface area contributed by atoms with E-state index in [4.69, 9.17) is 0 Å². The fourth-order valence-corrected chi connectivity index (χ4v) is 4.36. The van der Waals surface area contributed by atoms with E-state index in [1.54, 1.807) is 21.9 Å². The van der Waals surface area contributed by atoms with Crippen LogP contribution in [0.4, 0.5) is 4.39 Å². The van der Waals surface area contributed by atoms with Crippen molar-refractivity contribution in [2.45, 2.75) is 19.9 Å². The minimum absolute atomic E-state index is 0.0667. The molecule has 11 heteroatoms. The van der Waals surface area contributed by atoms with Crippen LogP contribution in [0.25, 0.3) is 0 Å². The van der Waals surface area contributed by atoms with Crippen molar-refractivity contribution in [3.63, 3.8) is 0 Å². The number of hydrogen-bond donors (Lipinski definition) is 0. The number of halogens is 1. The summed E-state index contributed by atoms with van der Waals surface area (Å²) in [4.78, 5) is 33.9. The highest BCUT2D eigenvalue weighted by atomic mass is 32.1. The summed E-state index contributed by atoms with van der Waals surface area (Å²) in [6.07, 6.45) is 1.95. The molecule has 0 saturated carbocycles. The molecule has 0 unspecified atom stereocenters. The van der Waals surface area contributed by atoms with E-state index < -0.39 is 0 Å². The highest BCUT2D eigenvalue weighted by molar-refractivity contribution is 7.13. The van der Waals surface area contributed by atoms with Gasteiger partial charge < -0.3 is 9.80 Å². The summed E-state index contributed by atoms with van der Waals surface area (Å²) in [5.41, 5.74) is 1.64. The number of thiazole rings is 1. The summed E-state index contributed by atoms with van der Waals surface area (Å²) in [5, 5.41) is 11.6. The molecule has 30 heavy (non-hydrogen) atoms. The summed E-state index contributed by atoms with van der Waals surface area (Å²) in [6, 6.07) is 6.28. The number of nitrogens with zero attached hydrogens (tertiary/aromatic N) is 7. The zero-order valence-electron chi connectivity index (χ0n) is 16.4. The molecule has 1 aliphatic heterocycles. The fraction of sp³-hybridized carbons (Fsp3) is 0.368. The lowest BCUT2D eigenvalue weighted by Crippen LogP contribution is -2.51. The van der Waals surface area contributed by atoms with Gasteiger partial charge in [0.1, 0.15) is 23.6 Å². The van der Waals surface area contributed by atoms with Crippen molar-refractivity contribution < 1.29 is 14.0 Å². The first kappa shape index (κ1) is 20.1. The van der Waals surface area contributed by atoms with Gasteiger partial charge in [0.15, 0.2) is 0 Å². The molecule has 156 valence electrons. The van der Waals surface area contributed by atoms with Crippen molar-refractivity contribution in [2.75, 3.05) is 26.2 Å². The van der Waals surface area contributed by atoms with E-state index in [2.05, 4.69) is 20.5 Å². The van der Waals surface area contributed by atoms with Gasteiger partial charge in [-0.2, -0.15) is 0 Å². The van der Waals surface area contributed by atoms with Crippen LogP contribution in [0.15, 0.2) is 30.6 Å². The van der Waals surface area contributed by atoms with Crippen LogP contribution in [0.2, 0.25) is 0 Å². The number of aryl methyl sites for hydroxylation is 1. The average Bonchev–Trinajstić information content (AvgIpc) is 3.39. The molecule has 9 nitrogen and oxygen atoms in total. The Labute approximate surface area is 176 Å². The fourth-order valence-electron chi connectivity index (χ4n) is 3.30. The molecule has 2 amide bonds. The second-order valence-corrected chi connectivity index (χ2v) is 8.09. The molecule has 3 heterocycles. The molecule has 1 aromatic carbocycles. The van der Waals surface area contributed by atoms with Crippen molar-refractivity contribution in [3.8, 4) is 0 Å². The number of amides is 2. The van der Waals surface area contributed by atoms with Crippen molar-refractivity contribution in [3.05, 3.63) is 57.6 Å². The van der Waals surface area contributed by atoms with Crippen LogP contribution in [-0.2, 0) is 17.8 Å². The number of rotatable bonds is 5. The number of hydrogen-bond acceptors (Lipinski definition) is 7. The van der Waals surface area contributed by atoms with Crippen LogP contribution in [-0.4, -0.2) is 73.0 Å². The van der Waals surface area contributed by atoms with Gasteiger partial charge in [-0.1, -0.05) is 12.1 Å². The van der Waals surface area contributed by atoms with Gasteiger partial charge in [-0.3, -0.25) is 9.59 Å². The number of piperazine rings is 1. The van der Waals surface area contributed by atoms with Gasteiger partial charge in [0.2, 0.25) is 5.91 Å². The zero-order chi connectivity index (χ0) is 21.1. The summed E-state index contributed by atoms with van der Waals surface area (Å²) in [6.45, 7) is 3.76. The Morgan fingerprint density at radius 2 is 1.80 bits per heavy atom. The third-order valence-corrected chi connectivity index (χ3v) is 6.06. The predicted octanol–water partition coefficient (Wildman–Crippen LogP) is 1.15. The molecule has 0 aliphatic carbocycles. The summed E-state index contributed by atoms with van der Waals surface area (Å²) >= 11 is 1.37. The molecule has 1 fully saturated rings. The molecule has 1 saturated heterocycles. The summed E-state index contributed by atoms with van der Waals surface area (Å²) < 4.78 is 14.5. The van der Waals surface area contributed by atoms with Crippen molar-refractivity contribution in [2.24, 2.45) is 0 Å². The third kappa shape index (κ3) is 4.51. The molecule has 2 aromatic heterocycles. The maximum atomic E-state index is 13.1. The molecule has 0 atom stereocenters. The molecule has 0 spiro atoms. The minimum Gasteiger partial charge on any atom is -0.338 e. The van der Waals surface area contributed by atoms with Gasteiger partial charge in [0.25, 0.3) is 5.91 Å². The SMILES string of the molecule is Cc1nc(Cc2ccc(F)cc2)sc1C(=O)N1CCN(C(=O)Cn2cnnn2)CC1. The zero-order valence-corrected chi connectivity index (χ0v) is 17.2. The second-order valence-electron chi connectivity index (χ2n) is 7.01. The number of carbonyl (C=O) groups is 2. The molecular weight excluding hydrogens is 409 g/mol. The van der Waals surface area contributed by atoms with Gasteiger partial charge in [-0.25, -0.2) is 14.1 Å². The van der Waals surface area contributed by atoms with Crippen LogP contribution in [0.5, 0.6) is 0 Å².